The highest BCUT2D eigenvalue weighted by atomic mass is 19.1. The van der Waals surface area contributed by atoms with Gasteiger partial charge in [-0.2, -0.15) is 0 Å². The number of halogens is 1. The summed E-state index contributed by atoms with van der Waals surface area (Å²) in [4.78, 5) is 11.8. The van der Waals surface area contributed by atoms with Gasteiger partial charge in [-0.25, -0.2) is 4.39 Å². The van der Waals surface area contributed by atoms with E-state index >= 15 is 0 Å². The second kappa shape index (κ2) is 6.87. The predicted molar refractivity (Wildman–Crippen MR) is 78.4 cm³/mol. The molecule has 6 heteroatoms. The number of hydrogen-bond donors (Lipinski definition) is 2. The maximum atomic E-state index is 13.1. The van der Waals surface area contributed by atoms with Crippen molar-refractivity contribution in [3.63, 3.8) is 0 Å². The monoisotopic (exact) mass is 296 g/mol. The lowest BCUT2D eigenvalue weighted by Gasteiger charge is -2.31. The molecule has 0 bridgehead atoms. The lowest BCUT2D eigenvalue weighted by Crippen LogP contribution is -2.35. The van der Waals surface area contributed by atoms with Crippen LogP contribution in [0.3, 0.4) is 0 Å². The van der Waals surface area contributed by atoms with Crippen molar-refractivity contribution in [2.24, 2.45) is 0 Å². The minimum Gasteiger partial charge on any atom is -0.397 e. The maximum absolute atomic E-state index is 13.1. The van der Waals surface area contributed by atoms with Crippen LogP contribution in [0, 0.1) is 5.82 Å². The van der Waals surface area contributed by atoms with Crippen molar-refractivity contribution in [3.05, 3.63) is 24.0 Å². The number of nitrogens with two attached hydrogens (primary N) is 1. The summed E-state index contributed by atoms with van der Waals surface area (Å²) < 4.78 is 24.3. The molecule has 1 aliphatic rings. The number of carbonyl (C=O) groups excluding carboxylic acids is 1. The van der Waals surface area contributed by atoms with Crippen LogP contribution < -0.4 is 11.1 Å². The van der Waals surface area contributed by atoms with E-state index in [9.17, 15) is 9.18 Å². The topological polar surface area (TPSA) is 73.6 Å². The molecule has 0 aromatic heterocycles. The van der Waals surface area contributed by atoms with Gasteiger partial charge in [0.15, 0.2) is 0 Å². The number of nitrogens with one attached hydrogen (secondary N) is 1. The summed E-state index contributed by atoms with van der Waals surface area (Å²) in [5, 5.41) is 2.55. The van der Waals surface area contributed by atoms with Crippen LogP contribution in [-0.4, -0.2) is 30.8 Å². The van der Waals surface area contributed by atoms with E-state index in [-0.39, 0.29) is 36.5 Å². The molecule has 2 rings (SSSR count). The molecule has 0 spiro atoms. The molecule has 5 nitrogen and oxygen atoms in total. The summed E-state index contributed by atoms with van der Waals surface area (Å²) in [5.74, 6) is -0.799. The van der Waals surface area contributed by atoms with Gasteiger partial charge in [-0.3, -0.25) is 4.79 Å². The molecule has 0 saturated carbocycles. The van der Waals surface area contributed by atoms with Crippen LogP contribution in [-0.2, 0) is 14.3 Å². The van der Waals surface area contributed by atoms with Crippen molar-refractivity contribution < 1.29 is 18.7 Å². The SMILES string of the molecule is CC1CC(OCC(=O)Nc2cc(F)ccc2N)CC(C)O1. The van der Waals surface area contributed by atoms with E-state index in [1.54, 1.807) is 0 Å². The van der Waals surface area contributed by atoms with Crippen LogP contribution in [0.2, 0.25) is 0 Å². The molecule has 0 aliphatic carbocycles. The zero-order chi connectivity index (χ0) is 15.4. The fourth-order valence-corrected chi connectivity index (χ4v) is 2.50. The molecule has 21 heavy (non-hydrogen) atoms. The summed E-state index contributed by atoms with van der Waals surface area (Å²) in [6, 6.07) is 3.84. The zero-order valence-corrected chi connectivity index (χ0v) is 12.3. The Morgan fingerprint density at radius 1 is 1.43 bits per heavy atom. The van der Waals surface area contributed by atoms with Gasteiger partial charge in [-0.05, 0) is 44.9 Å². The number of amides is 1. The molecule has 1 saturated heterocycles. The van der Waals surface area contributed by atoms with Gasteiger partial charge in [0.05, 0.1) is 29.7 Å². The fourth-order valence-electron chi connectivity index (χ4n) is 2.50. The van der Waals surface area contributed by atoms with Gasteiger partial charge in [0.25, 0.3) is 0 Å². The van der Waals surface area contributed by atoms with Gasteiger partial charge < -0.3 is 20.5 Å². The van der Waals surface area contributed by atoms with Gasteiger partial charge >= 0.3 is 0 Å². The van der Waals surface area contributed by atoms with Crippen LogP contribution in [0.5, 0.6) is 0 Å². The first kappa shape index (κ1) is 15.7. The molecule has 1 aliphatic heterocycles. The maximum Gasteiger partial charge on any atom is 0.250 e. The smallest absolute Gasteiger partial charge is 0.250 e. The average Bonchev–Trinajstić information content (AvgIpc) is 2.40. The van der Waals surface area contributed by atoms with Crippen LogP contribution in [0.25, 0.3) is 0 Å². The molecular formula is C15H21FN2O3. The van der Waals surface area contributed by atoms with Gasteiger partial charge in [0, 0.05) is 0 Å². The molecule has 2 unspecified atom stereocenters. The number of nitrogen functional groups attached to an aromatic ring is 1. The molecule has 1 heterocycles. The average molecular weight is 296 g/mol. The summed E-state index contributed by atoms with van der Waals surface area (Å²) in [6.45, 7) is 3.89. The van der Waals surface area contributed by atoms with Gasteiger partial charge in [-0.15, -0.1) is 0 Å². The van der Waals surface area contributed by atoms with Gasteiger partial charge in [0.2, 0.25) is 5.91 Å². The number of anilines is 2. The Kier molecular flexibility index (Phi) is 5.14. The van der Waals surface area contributed by atoms with Crippen LogP contribution in [0.4, 0.5) is 15.8 Å². The molecular weight excluding hydrogens is 275 g/mol. The van der Waals surface area contributed by atoms with E-state index < -0.39 is 5.82 Å². The van der Waals surface area contributed by atoms with Crippen molar-refractivity contribution in [3.8, 4) is 0 Å². The van der Waals surface area contributed by atoms with Crippen LogP contribution >= 0.6 is 0 Å². The normalized spacial score (nSPS) is 25.6. The first-order valence-electron chi connectivity index (χ1n) is 7.06. The Morgan fingerprint density at radius 2 is 2.10 bits per heavy atom. The highest BCUT2D eigenvalue weighted by Crippen LogP contribution is 2.22. The zero-order valence-electron chi connectivity index (χ0n) is 12.3. The Morgan fingerprint density at radius 3 is 2.76 bits per heavy atom. The van der Waals surface area contributed by atoms with Gasteiger partial charge in [0.1, 0.15) is 12.4 Å². The summed E-state index contributed by atoms with van der Waals surface area (Å²) in [6.07, 6.45) is 1.78. The standard InChI is InChI=1S/C15H21FN2O3/c1-9-5-12(6-10(2)21-9)20-8-15(19)18-14-7-11(16)3-4-13(14)17/h3-4,7,9-10,12H,5-6,8,17H2,1-2H3,(H,18,19). The van der Waals surface area contributed by atoms with Crippen molar-refractivity contribution >= 4 is 17.3 Å². The molecule has 0 radical (unpaired) electrons. The second-order valence-corrected chi connectivity index (χ2v) is 5.44. The Hall–Kier alpha value is -1.66. The predicted octanol–water partition coefficient (Wildman–Crippen LogP) is 2.32. The first-order valence-corrected chi connectivity index (χ1v) is 7.06. The first-order chi connectivity index (χ1) is 9.94. The Balaban J connectivity index is 1.83. The fraction of sp³-hybridized carbons (Fsp3) is 0.533. The molecule has 116 valence electrons. The van der Waals surface area contributed by atoms with Gasteiger partial charge in [-0.1, -0.05) is 0 Å². The lowest BCUT2D eigenvalue weighted by atomic mass is 10.0. The number of hydrogen-bond acceptors (Lipinski definition) is 4. The summed E-state index contributed by atoms with van der Waals surface area (Å²) in [5.41, 5.74) is 6.25. The number of carbonyl (C=O) groups is 1. The lowest BCUT2D eigenvalue weighted by molar-refractivity contribution is -0.131. The molecule has 1 aromatic carbocycles. The number of benzene rings is 1. The summed E-state index contributed by atoms with van der Waals surface area (Å²) >= 11 is 0. The molecule has 2 atom stereocenters. The Labute approximate surface area is 123 Å². The molecule has 1 fully saturated rings. The Bertz CT molecular complexity index is 500. The van der Waals surface area contributed by atoms with Crippen molar-refractivity contribution in [1.82, 2.24) is 0 Å². The third kappa shape index (κ3) is 4.68. The van der Waals surface area contributed by atoms with Crippen LogP contribution in [0.15, 0.2) is 18.2 Å². The quantitative estimate of drug-likeness (QED) is 0.836. The van der Waals surface area contributed by atoms with E-state index in [1.807, 2.05) is 13.8 Å². The second-order valence-electron chi connectivity index (χ2n) is 5.44. The highest BCUT2D eigenvalue weighted by Gasteiger charge is 2.25. The third-order valence-corrected chi connectivity index (χ3v) is 3.39. The van der Waals surface area contributed by atoms with E-state index in [2.05, 4.69) is 5.32 Å². The molecule has 1 amide bonds. The van der Waals surface area contributed by atoms with E-state index in [4.69, 9.17) is 15.2 Å². The van der Waals surface area contributed by atoms with E-state index in [0.29, 0.717) is 5.69 Å². The highest BCUT2D eigenvalue weighted by molar-refractivity contribution is 5.94. The molecule has 3 N–H and O–H groups in total. The van der Waals surface area contributed by atoms with E-state index in [0.717, 1.165) is 12.8 Å². The van der Waals surface area contributed by atoms with Crippen molar-refractivity contribution in [2.75, 3.05) is 17.7 Å². The third-order valence-electron chi connectivity index (χ3n) is 3.39. The largest absolute Gasteiger partial charge is 0.397 e. The van der Waals surface area contributed by atoms with Crippen LogP contribution in [0.1, 0.15) is 26.7 Å². The summed E-state index contributed by atoms with van der Waals surface area (Å²) in [7, 11) is 0. The minimum absolute atomic E-state index is 0.000596. The molecule has 1 aromatic rings. The van der Waals surface area contributed by atoms with E-state index in [1.165, 1.54) is 18.2 Å². The number of ether oxygens (including phenoxy) is 2. The van der Waals surface area contributed by atoms with Crippen molar-refractivity contribution in [1.29, 1.82) is 0 Å². The number of rotatable bonds is 4. The minimum atomic E-state index is -0.451. The van der Waals surface area contributed by atoms with Crippen molar-refractivity contribution in [2.45, 2.75) is 45.0 Å².